The molecule has 0 heterocycles. The molecule has 0 bridgehead atoms. The Hall–Kier alpha value is -0.890. The molecule has 0 saturated heterocycles. The van der Waals surface area contributed by atoms with Crippen LogP contribution in [-0.2, 0) is 9.53 Å². The first-order chi connectivity index (χ1) is 7.31. The van der Waals surface area contributed by atoms with E-state index in [-0.39, 0.29) is 12.4 Å². The predicted octanol–water partition coefficient (Wildman–Crippen LogP) is -0.0761. The first-order valence-electron chi connectivity index (χ1n) is 5.25. The Morgan fingerprint density at radius 3 is 2.80 bits per heavy atom. The summed E-state index contributed by atoms with van der Waals surface area (Å²) in [6, 6.07) is 0. The summed E-state index contributed by atoms with van der Waals surface area (Å²) in [5, 5.41) is 3.23. The van der Waals surface area contributed by atoms with E-state index >= 15 is 0 Å². The molecule has 0 aliphatic rings. The average molecular weight is 212 g/mol. The molecule has 0 atom stereocenters. The van der Waals surface area contributed by atoms with Gasteiger partial charge in [-0.15, -0.1) is 0 Å². The zero-order chi connectivity index (χ0) is 11.4. The number of ketones is 1. The Morgan fingerprint density at radius 2 is 2.13 bits per heavy atom. The highest BCUT2D eigenvalue weighted by Crippen LogP contribution is 1.82. The number of carbonyl (C=O) groups excluding carboxylic acids is 1. The van der Waals surface area contributed by atoms with Crippen LogP contribution < -0.4 is 11.1 Å². The van der Waals surface area contributed by atoms with E-state index in [0.717, 1.165) is 25.9 Å². The highest BCUT2D eigenvalue weighted by molar-refractivity contribution is 5.96. The molecule has 0 saturated carbocycles. The quantitative estimate of drug-likeness (QED) is 0.319. The summed E-state index contributed by atoms with van der Waals surface area (Å²) >= 11 is 0. The molecule has 0 aliphatic heterocycles. The van der Waals surface area contributed by atoms with E-state index in [2.05, 4.69) is 17.2 Å². The minimum absolute atomic E-state index is 0.101. The van der Waals surface area contributed by atoms with Gasteiger partial charge in [-0.1, -0.05) is 5.92 Å². The van der Waals surface area contributed by atoms with Gasteiger partial charge in [-0.2, -0.15) is 0 Å². The van der Waals surface area contributed by atoms with E-state index in [1.54, 1.807) is 6.92 Å². The van der Waals surface area contributed by atoms with E-state index in [1.807, 2.05) is 0 Å². The molecule has 0 amide bonds. The fourth-order valence-electron chi connectivity index (χ4n) is 0.992. The van der Waals surface area contributed by atoms with Crippen LogP contribution >= 0.6 is 0 Å². The molecule has 3 N–H and O–H groups in total. The lowest BCUT2D eigenvalue weighted by molar-refractivity contribution is -0.118. The number of Topliss-reactive ketones (excluding diaryl/α,β-unsaturated/α-hetero) is 1. The summed E-state index contributed by atoms with van der Waals surface area (Å²) < 4.78 is 5.14. The summed E-state index contributed by atoms with van der Waals surface area (Å²) in [7, 11) is 0. The topological polar surface area (TPSA) is 64.3 Å². The van der Waals surface area contributed by atoms with Crippen molar-refractivity contribution in [1.82, 2.24) is 5.32 Å². The number of carbonyl (C=O) groups is 1. The van der Waals surface area contributed by atoms with Gasteiger partial charge < -0.3 is 15.8 Å². The molecule has 0 spiro atoms. The van der Waals surface area contributed by atoms with Crippen molar-refractivity contribution in [3.05, 3.63) is 0 Å². The van der Waals surface area contributed by atoms with E-state index < -0.39 is 0 Å². The van der Waals surface area contributed by atoms with Crippen LogP contribution in [0.5, 0.6) is 0 Å². The van der Waals surface area contributed by atoms with Crippen molar-refractivity contribution in [2.24, 2.45) is 5.73 Å². The van der Waals surface area contributed by atoms with Crippen molar-refractivity contribution in [2.75, 3.05) is 32.8 Å². The number of rotatable bonds is 9. The molecule has 0 fully saturated rings. The van der Waals surface area contributed by atoms with Crippen LogP contribution in [0.25, 0.3) is 0 Å². The van der Waals surface area contributed by atoms with Gasteiger partial charge in [0.25, 0.3) is 0 Å². The molecule has 4 heteroatoms. The Morgan fingerprint density at radius 1 is 1.40 bits per heavy atom. The zero-order valence-corrected chi connectivity index (χ0v) is 9.34. The molecule has 86 valence electrons. The maximum Gasteiger partial charge on any atom is 0.231 e. The predicted molar refractivity (Wildman–Crippen MR) is 60.4 cm³/mol. The van der Waals surface area contributed by atoms with Gasteiger partial charge in [-0.3, -0.25) is 4.79 Å². The molecule has 0 aromatic carbocycles. The monoisotopic (exact) mass is 212 g/mol. The van der Waals surface area contributed by atoms with Crippen LogP contribution in [0.3, 0.4) is 0 Å². The Bertz CT molecular complexity index is 218. The Kier molecular flexibility index (Phi) is 10.5. The second-order valence-electron chi connectivity index (χ2n) is 3.10. The maximum absolute atomic E-state index is 10.9. The van der Waals surface area contributed by atoms with Gasteiger partial charge in [0.05, 0.1) is 0 Å². The number of hydrogen-bond acceptors (Lipinski definition) is 4. The van der Waals surface area contributed by atoms with E-state index in [1.165, 1.54) is 0 Å². The molecule has 0 aliphatic carbocycles. The number of hydrogen-bond donors (Lipinski definition) is 2. The lowest BCUT2D eigenvalue weighted by atomic mass is 10.4. The number of ether oxygens (including phenoxy) is 1. The van der Waals surface area contributed by atoms with Crippen molar-refractivity contribution in [2.45, 2.75) is 19.8 Å². The van der Waals surface area contributed by atoms with Crippen LogP contribution in [0.2, 0.25) is 0 Å². The Balaban J connectivity index is 3.10. The number of nitrogens with one attached hydrogen (secondary N) is 1. The van der Waals surface area contributed by atoms with Gasteiger partial charge in [-0.25, -0.2) is 0 Å². The second kappa shape index (κ2) is 11.2. The first-order valence-corrected chi connectivity index (χ1v) is 5.25. The highest BCUT2D eigenvalue weighted by Gasteiger charge is 1.95. The second-order valence-corrected chi connectivity index (χ2v) is 3.10. The molecule has 0 aromatic rings. The third-order valence-corrected chi connectivity index (χ3v) is 1.70. The maximum atomic E-state index is 10.9. The summed E-state index contributed by atoms with van der Waals surface area (Å²) in [5.74, 6) is 4.80. The van der Waals surface area contributed by atoms with Gasteiger partial charge in [0.1, 0.15) is 6.61 Å². The number of nitrogens with two attached hydrogens (primary N) is 1. The fraction of sp³-hybridized carbons (Fsp3) is 0.727. The van der Waals surface area contributed by atoms with Crippen LogP contribution in [0.15, 0.2) is 0 Å². The minimum atomic E-state index is -0.159. The van der Waals surface area contributed by atoms with Gasteiger partial charge >= 0.3 is 0 Å². The smallest absolute Gasteiger partial charge is 0.231 e. The zero-order valence-electron chi connectivity index (χ0n) is 9.34. The molecule has 0 unspecified atom stereocenters. The molecule has 0 aromatic heterocycles. The van der Waals surface area contributed by atoms with Crippen molar-refractivity contribution in [3.63, 3.8) is 0 Å². The van der Waals surface area contributed by atoms with Crippen molar-refractivity contribution < 1.29 is 9.53 Å². The van der Waals surface area contributed by atoms with Gasteiger partial charge in [0, 0.05) is 6.61 Å². The third kappa shape index (κ3) is 11.0. The largest absolute Gasteiger partial charge is 0.373 e. The Labute approximate surface area is 91.6 Å². The molecule has 15 heavy (non-hydrogen) atoms. The average Bonchev–Trinajstić information content (AvgIpc) is 2.22. The van der Waals surface area contributed by atoms with Crippen LogP contribution in [0.4, 0.5) is 0 Å². The van der Waals surface area contributed by atoms with Crippen LogP contribution in [0.1, 0.15) is 19.8 Å². The first kappa shape index (κ1) is 14.1. The minimum Gasteiger partial charge on any atom is -0.373 e. The van der Waals surface area contributed by atoms with Gasteiger partial charge in [0.2, 0.25) is 5.78 Å². The third-order valence-electron chi connectivity index (χ3n) is 1.70. The van der Waals surface area contributed by atoms with Gasteiger partial charge in [0.15, 0.2) is 0 Å². The van der Waals surface area contributed by atoms with E-state index in [9.17, 15) is 4.79 Å². The van der Waals surface area contributed by atoms with E-state index in [0.29, 0.717) is 13.2 Å². The van der Waals surface area contributed by atoms with Crippen molar-refractivity contribution >= 4 is 5.78 Å². The lowest BCUT2D eigenvalue weighted by Gasteiger charge is -2.03. The highest BCUT2D eigenvalue weighted by atomic mass is 16.5. The fourth-order valence-corrected chi connectivity index (χ4v) is 0.992. The summed E-state index contributed by atoms with van der Waals surface area (Å²) in [4.78, 5) is 10.9. The van der Waals surface area contributed by atoms with Gasteiger partial charge in [-0.05, 0) is 45.3 Å². The summed E-state index contributed by atoms with van der Waals surface area (Å²) in [6.07, 6.45) is 1.89. The molecular formula is C11H20N2O2. The van der Waals surface area contributed by atoms with Crippen LogP contribution in [-0.4, -0.2) is 38.6 Å². The van der Waals surface area contributed by atoms with Crippen molar-refractivity contribution in [1.29, 1.82) is 0 Å². The SMILES string of the molecule is CC#CC(=O)COCCCNCCCN. The van der Waals surface area contributed by atoms with Crippen molar-refractivity contribution in [3.8, 4) is 11.8 Å². The lowest BCUT2D eigenvalue weighted by Crippen LogP contribution is -2.20. The summed E-state index contributed by atoms with van der Waals surface area (Å²) in [5.41, 5.74) is 5.34. The molecule has 0 radical (unpaired) electrons. The normalized spacial score (nSPS) is 9.47. The van der Waals surface area contributed by atoms with E-state index in [4.69, 9.17) is 10.5 Å². The molecular weight excluding hydrogens is 192 g/mol. The molecule has 4 nitrogen and oxygen atoms in total. The summed E-state index contributed by atoms with van der Waals surface area (Å²) in [6.45, 7) is 4.88. The molecule has 0 rings (SSSR count). The van der Waals surface area contributed by atoms with Crippen LogP contribution in [0, 0.1) is 11.8 Å². The standard InChI is InChI=1S/C11H20N2O2/c1-2-5-11(14)10-15-9-4-8-13-7-3-6-12/h13H,3-4,6-10,12H2,1H3.